The Morgan fingerprint density at radius 3 is 2.66 bits per heavy atom. The van der Waals surface area contributed by atoms with Gasteiger partial charge in [-0.15, -0.1) is 24.5 Å². The van der Waals surface area contributed by atoms with Crippen molar-refractivity contribution in [2.45, 2.75) is 62.7 Å². The molecule has 0 radical (unpaired) electrons. The number of nitrogen functional groups attached to an aromatic ring is 1. The number of rotatable bonds is 7. The van der Waals surface area contributed by atoms with E-state index in [0.29, 0.717) is 43.7 Å². The van der Waals surface area contributed by atoms with Gasteiger partial charge in [-0.05, 0) is 79.5 Å². The van der Waals surface area contributed by atoms with Gasteiger partial charge in [-0.2, -0.15) is 15.2 Å². The summed E-state index contributed by atoms with van der Waals surface area (Å²) in [5, 5.41) is 10.5. The third-order valence-electron chi connectivity index (χ3n) is 14.6. The smallest absolute Gasteiger partial charge is 0.461 e. The van der Waals surface area contributed by atoms with Gasteiger partial charge in [-0.25, -0.2) is 13.2 Å². The van der Waals surface area contributed by atoms with Crippen molar-refractivity contribution >= 4 is 60.7 Å². The molecule has 2 aromatic heterocycles. The van der Waals surface area contributed by atoms with Crippen LogP contribution in [0.4, 0.5) is 37.2 Å². The molecule has 1 amide bonds. The Morgan fingerprint density at radius 2 is 1.90 bits per heavy atom. The highest BCUT2D eigenvalue weighted by Crippen LogP contribution is 2.90. The van der Waals surface area contributed by atoms with Crippen molar-refractivity contribution in [2.24, 2.45) is 28.6 Å². The van der Waals surface area contributed by atoms with Crippen LogP contribution in [0.3, 0.4) is 0 Å². The second kappa shape index (κ2) is 12.2. The summed E-state index contributed by atoms with van der Waals surface area (Å²) in [6, 6.07) is 6.05. The van der Waals surface area contributed by atoms with Gasteiger partial charge in [0.05, 0.1) is 26.2 Å². The molecule has 8 fully saturated rings. The van der Waals surface area contributed by atoms with Crippen LogP contribution in [0, 0.1) is 51.5 Å². The molecule has 8 aliphatic rings. The number of alkyl halides is 4. The topological polar surface area (TPSA) is 121 Å². The Hall–Kier alpha value is -4.11. The summed E-state index contributed by atoms with van der Waals surface area (Å²) in [6.45, 7) is 2.03. The molecular formula is C40H36ClF6N7O3S. The molecule has 304 valence electrons. The SMILES string of the molecule is N#Cc1c(N)sc2c(F)ccc(-c3c(Cl)cc4c(N5CC6CC7(C6)C6C(C5)CC67C(=O)N5CC(OC(F)(F)F)C5)nc(OC[C@@]56CCCN5C[C@H](F)C6)nc4c3F)c12. The third-order valence-corrected chi connectivity index (χ3v) is 15.9. The van der Waals surface area contributed by atoms with Gasteiger partial charge in [-0.1, -0.05) is 17.7 Å². The molecule has 2 N–H and O–H groups in total. The van der Waals surface area contributed by atoms with Crippen LogP contribution in [-0.4, -0.2) is 95.7 Å². The summed E-state index contributed by atoms with van der Waals surface area (Å²) in [5.41, 5.74) is 4.82. The van der Waals surface area contributed by atoms with E-state index in [1.165, 1.54) is 17.0 Å². The lowest BCUT2D eigenvalue weighted by Crippen LogP contribution is -2.60. The predicted octanol–water partition coefficient (Wildman–Crippen LogP) is 7.45. The van der Waals surface area contributed by atoms with Crippen molar-refractivity contribution in [3.63, 3.8) is 0 Å². The number of nitrogens with zero attached hydrogens (tertiary/aromatic N) is 6. The number of amides is 1. The van der Waals surface area contributed by atoms with Gasteiger partial charge < -0.3 is 20.3 Å². The minimum Gasteiger partial charge on any atom is -0.461 e. The quantitative estimate of drug-likeness (QED) is 0.189. The van der Waals surface area contributed by atoms with E-state index in [9.17, 15) is 27.6 Å². The van der Waals surface area contributed by atoms with Crippen LogP contribution in [0.15, 0.2) is 18.2 Å². The molecule has 3 unspecified atom stereocenters. The van der Waals surface area contributed by atoms with Gasteiger partial charge in [0.15, 0.2) is 5.82 Å². The molecule has 7 heterocycles. The number of carbonyl (C=O) groups excluding carboxylic acids is 1. The molecule has 18 heteroatoms. The first-order chi connectivity index (χ1) is 27.6. The summed E-state index contributed by atoms with van der Waals surface area (Å²) < 4.78 is 96.1. The number of halogens is 7. The van der Waals surface area contributed by atoms with Gasteiger partial charge in [0.2, 0.25) is 5.91 Å². The third kappa shape index (κ3) is 5.00. The molecule has 2 aromatic carbocycles. The summed E-state index contributed by atoms with van der Waals surface area (Å²) >= 11 is 7.85. The van der Waals surface area contributed by atoms with Crippen LogP contribution in [0.2, 0.25) is 5.02 Å². The number of fused-ring (bicyclic) bond motifs is 5. The van der Waals surface area contributed by atoms with Crippen molar-refractivity contribution < 1.29 is 40.6 Å². The van der Waals surface area contributed by atoms with Crippen LogP contribution in [0.5, 0.6) is 6.01 Å². The van der Waals surface area contributed by atoms with Crippen molar-refractivity contribution in [1.82, 2.24) is 19.8 Å². The van der Waals surface area contributed by atoms with E-state index in [1.807, 2.05) is 6.07 Å². The van der Waals surface area contributed by atoms with Crippen LogP contribution < -0.4 is 15.4 Å². The zero-order chi connectivity index (χ0) is 40.3. The standard InChI is InChI=1S/C40H36ClF6N7O3S/c41-25-6-23-30(29(44)28(25)22-2-3-26(43)31-27(22)24(11-48)33(49)58-31)50-36(56-17-37-4-1-5-54(37)14-20(42)10-37)51-34(23)52-12-18-7-38(8-18)32-19(13-52)9-39(32,38)35(55)53-15-21(16-53)57-40(45,46)47/h2-3,6,18-21,32H,1,4-5,7-10,12-17,49H2/t18?,19?,20-,32?,37+,38?,39?/m1/s1. The second-order valence-corrected chi connectivity index (χ2v) is 19.0. The Labute approximate surface area is 336 Å². The van der Waals surface area contributed by atoms with Crippen molar-refractivity contribution in [3.8, 4) is 23.2 Å². The maximum Gasteiger partial charge on any atom is 0.522 e. The van der Waals surface area contributed by atoms with E-state index in [2.05, 4.69) is 19.5 Å². The first kappa shape index (κ1) is 36.9. The molecule has 1 spiro atoms. The molecular weight excluding hydrogens is 808 g/mol. The largest absolute Gasteiger partial charge is 0.522 e. The van der Waals surface area contributed by atoms with Crippen molar-refractivity contribution in [2.75, 3.05) is 56.5 Å². The molecule has 3 aliphatic carbocycles. The number of likely N-dealkylation sites (tertiary alicyclic amines) is 1. The van der Waals surface area contributed by atoms with Gasteiger partial charge in [-0.3, -0.25) is 14.4 Å². The number of hydrogen-bond acceptors (Lipinski definition) is 10. The average molecular weight is 844 g/mol. The number of ether oxygens (including phenoxy) is 2. The predicted molar refractivity (Wildman–Crippen MR) is 202 cm³/mol. The van der Waals surface area contributed by atoms with Crippen LogP contribution >= 0.6 is 22.9 Å². The minimum absolute atomic E-state index is 0.0106. The number of anilines is 2. The molecule has 5 saturated heterocycles. The fraction of sp³-hybridized carbons (Fsp3) is 0.550. The maximum absolute atomic E-state index is 17.4. The number of hydrogen-bond donors (Lipinski definition) is 1. The van der Waals surface area contributed by atoms with Gasteiger partial charge >= 0.3 is 12.4 Å². The van der Waals surface area contributed by atoms with Gasteiger partial charge in [0, 0.05) is 55.5 Å². The fourth-order valence-corrected chi connectivity index (χ4v) is 13.7. The zero-order valence-electron chi connectivity index (χ0n) is 30.9. The summed E-state index contributed by atoms with van der Waals surface area (Å²) in [4.78, 5) is 29.1. The van der Waals surface area contributed by atoms with E-state index >= 15 is 8.78 Å². The van der Waals surface area contributed by atoms with E-state index in [4.69, 9.17) is 27.1 Å². The molecule has 4 aromatic rings. The molecule has 5 atom stereocenters. The Morgan fingerprint density at radius 1 is 1.10 bits per heavy atom. The number of nitriles is 1. The number of carbonyl (C=O) groups is 1. The summed E-state index contributed by atoms with van der Waals surface area (Å²) in [7, 11) is 0. The monoisotopic (exact) mass is 843 g/mol. The van der Waals surface area contributed by atoms with Crippen LogP contribution in [0.1, 0.15) is 44.1 Å². The average Bonchev–Trinajstić information content (AvgIpc) is 3.54. The van der Waals surface area contributed by atoms with Crippen molar-refractivity contribution in [1.29, 1.82) is 5.26 Å². The number of thiophene rings is 1. The lowest BCUT2D eigenvalue weighted by molar-refractivity contribution is -0.353. The summed E-state index contributed by atoms with van der Waals surface area (Å²) in [6.07, 6.45) is -2.72. The molecule has 10 nitrogen and oxygen atoms in total. The van der Waals surface area contributed by atoms with Crippen molar-refractivity contribution in [3.05, 3.63) is 40.4 Å². The molecule has 3 saturated carbocycles. The van der Waals surface area contributed by atoms with Gasteiger partial charge in [0.1, 0.15) is 47.1 Å². The molecule has 12 rings (SSSR count). The van der Waals surface area contributed by atoms with Gasteiger partial charge in [0.25, 0.3) is 0 Å². The van der Waals surface area contributed by atoms with E-state index in [-0.39, 0.29) is 97.1 Å². The van der Waals surface area contributed by atoms with E-state index in [1.54, 1.807) is 6.07 Å². The zero-order valence-corrected chi connectivity index (χ0v) is 32.4. The number of benzene rings is 2. The highest BCUT2D eigenvalue weighted by atomic mass is 35.5. The minimum atomic E-state index is -4.76. The Kier molecular flexibility index (Phi) is 7.79. The molecule has 5 aliphatic heterocycles. The Bertz CT molecular complexity index is 2500. The number of nitrogens with two attached hydrogens (primary N) is 1. The number of aromatic nitrogens is 2. The lowest BCUT2D eigenvalue weighted by Gasteiger charge is -2.45. The summed E-state index contributed by atoms with van der Waals surface area (Å²) in [5.74, 6) is -0.807. The van der Waals surface area contributed by atoms with Crippen LogP contribution in [0.25, 0.3) is 32.1 Å². The fourth-order valence-electron chi connectivity index (χ4n) is 12.4. The van der Waals surface area contributed by atoms with Crippen LogP contribution in [-0.2, 0) is 9.53 Å². The molecule has 58 heavy (non-hydrogen) atoms. The maximum atomic E-state index is 17.4. The first-order valence-corrected chi connectivity index (χ1v) is 20.8. The second-order valence-electron chi connectivity index (χ2n) is 17.5. The van der Waals surface area contributed by atoms with E-state index in [0.717, 1.165) is 43.6 Å². The first-order valence-electron chi connectivity index (χ1n) is 19.6. The Balaban J connectivity index is 0.966. The van der Waals surface area contributed by atoms with E-state index < -0.39 is 41.2 Å². The normalized spacial score (nSPS) is 32.5. The lowest BCUT2D eigenvalue weighted by atomic mass is 9.67. The highest BCUT2D eigenvalue weighted by molar-refractivity contribution is 7.23. The molecule has 2 bridgehead atoms. The highest BCUT2D eigenvalue weighted by Gasteiger charge is 2.91.